The molecule has 0 aliphatic rings. The minimum atomic E-state index is -0.397. The number of benzene rings is 2. The second kappa shape index (κ2) is 6.10. The van der Waals surface area contributed by atoms with Gasteiger partial charge in [0.2, 0.25) is 12.2 Å². The summed E-state index contributed by atoms with van der Waals surface area (Å²) in [6.07, 6.45) is 3.02. The zero-order valence-electron chi connectivity index (χ0n) is 11.8. The predicted molar refractivity (Wildman–Crippen MR) is 80.6 cm³/mol. The summed E-state index contributed by atoms with van der Waals surface area (Å²) in [6, 6.07) is 15.1. The Kier molecular flexibility index (Phi) is 4.24. The SMILES string of the molecule is CC(C)(c1ccccc1)c1cccc(N=C=O)c1N=C=O. The van der Waals surface area contributed by atoms with Crippen LogP contribution in [0.4, 0.5) is 11.4 Å². The zero-order chi connectivity index (χ0) is 15.3. The van der Waals surface area contributed by atoms with Gasteiger partial charge < -0.3 is 0 Å². The molecule has 0 fully saturated rings. The molecule has 2 aromatic rings. The van der Waals surface area contributed by atoms with Crippen molar-refractivity contribution in [1.29, 1.82) is 0 Å². The first kappa shape index (κ1) is 14.6. The van der Waals surface area contributed by atoms with Gasteiger partial charge in [0.25, 0.3) is 0 Å². The molecule has 0 heterocycles. The van der Waals surface area contributed by atoms with Gasteiger partial charge in [0, 0.05) is 5.41 Å². The Hall–Kier alpha value is -2.80. The van der Waals surface area contributed by atoms with Crippen LogP contribution in [0.15, 0.2) is 58.5 Å². The number of isocyanates is 2. The van der Waals surface area contributed by atoms with E-state index < -0.39 is 5.41 Å². The molecule has 4 nitrogen and oxygen atoms in total. The highest BCUT2D eigenvalue weighted by molar-refractivity contribution is 5.73. The molecule has 0 aliphatic heterocycles. The van der Waals surface area contributed by atoms with Crippen molar-refractivity contribution in [3.63, 3.8) is 0 Å². The summed E-state index contributed by atoms with van der Waals surface area (Å²) >= 11 is 0. The van der Waals surface area contributed by atoms with Crippen LogP contribution in [0.2, 0.25) is 0 Å². The fourth-order valence-electron chi connectivity index (χ4n) is 2.35. The van der Waals surface area contributed by atoms with Gasteiger partial charge >= 0.3 is 0 Å². The van der Waals surface area contributed by atoms with E-state index in [0.29, 0.717) is 11.4 Å². The lowest BCUT2D eigenvalue weighted by Crippen LogP contribution is -2.19. The molecule has 0 amide bonds. The minimum Gasteiger partial charge on any atom is -0.211 e. The molecule has 0 saturated heterocycles. The summed E-state index contributed by atoms with van der Waals surface area (Å²) in [5.41, 5.74) is 2.14. The third-order valence-electron chi connectivity index (χ3n) is 3.51. The molecular formula is C17H14N2O2. The molecule has 0 saturated carbocycles. The van der Waals surface area contributed by atoms with Crippen LogP contribution in [0.5, 0.6) is 0 Å². The lowest BCUT2D eigenvalue weighted by Gasteiger charge is -2.27. The third-order valence-corrected chi connectivity index (χ3v) is 3.51. The summed E-state index contributed by atoms with van der Waals surface area (Å²) in [5, 5.41) is 0. The summed E-state index contributed by atoms with van der Waals surface area (Å²) in [4.78, 5) is 28.6. The average molecular weight is 278 g/mol. The van der Waals surface area contributed by atoms with E-state index in [1.807, 2.05) is 50.2 Å². The van der Waals surface area contributed by atoms with Gasteiger partial charge in [0.1, 0.15) is 11.4 Å². The van der Waals surface area contributed by atoms with E-state index in [4.69, 9.17) is 0 Å². The highest BCUT2D eigenvalue weighted by Crippen LogP contribution is 2.41. The van der Waals surface area contributed by atoms with Gasteiger partial charge in [-0.05, 0) is 17.2 Å². The molecule has 0 N–H and O–H groups in total. The molecule has 0 aromatic heterocycles. The van der Waals surface area contributed by atoms with Crippen molar-refractivity contribution in [1.82, 2.24) is 0 Å². The Morgan fingerprint density at radius 2 is 1.52 bits per heavy atom. The molecular weight excluding hydrogens is 264 g/mol. The van der Waals surface area contributed by atoms with Gasteiger partial charge in [-0.25, -0.2) is 9.59 Å². The summed E-state index contributed by atoms with van der Waals surface area (Å²) < 4.78 is 0. The van der Waals surface area contributed by atoms with Crippen LogP contribution >= 0.6 is 0 Å². The largest absolute Gasteiger partial charge is 0.240 e. The quantitative estimate of drug-likeness (QED) is 0.628. The fourth-order valence-corrected chi connectivity index (χ4v) is 2.35. The first-order valence-electron chi connectivity index (χ1n) is 6.46. The molecule has 0 aliphatic carbocycles. The molecule has 0 radical (unpaired) electrons. The van der Waals surface area contributed by atoms with E-state index >= 15 is 0 Å². The van der Waals surface area contributed by atoms with Gasteiger partial charge in [-0.3, -0.25) is 0 Å². The molecule has 2 rings (SSSR count). The number of hydrogen-bond acceptors (Lipinski definition) is 4. The van der Waals surface area contributed by atoms with Gasteiger partial charge in [-0.2, -0.15) is 9.98 Å². The Balaban J connectivity index is 2.71. The van der Waals surface area contributed by atoms with E-state index in [1.165, 1.54) is 12.2 Å². The number of para-hydroxylation sites is 1. The van der Waals surface area contributed by atoms with Crippen LogP contribution < -0.4 is 0 Å². The third kappa shape index (κ3) is 2.87. The van der Waals surface area contributed by atoms with Crippen molar-refractivity contribution in [3.05, 3.63) is 59.7 Å². The number of carbonyl (C=O) groups excluding carboxylic acids is 2. The maximum Gasteiger partial charge on any atom is 0.240 e. The Labute approximate surface area is 122 Å². The highest BCUT2D eigenvalue weighted by atomic mass is 16.1. The Bertz CT molecular complexity index is 739. The summed E-state index contributed by atoms with van der Waals surface area (Å²) in [7, 11) is 0. The topological polar surface area (TPSA) is 58.9 Å². The van der Waals surface area contributed by atoms with E-state index in [9.17, 15) is 9.59 Å². The molecule has 21 heavy (non-hydrogen) atoms. The second-order valence-corrected chi connectivity index (χ2v) is 5.07. The molecule has 104 valence electrons. The lowest BCUT2D eigenvalue weighted by molar-refractivity contribution is 0.563. The van der Waals surface area contributed by atoms with Gasteiger partial charge in [-0.15, -0.1) is 0 Å². The second-order valence-electron chi connectivity index (χ2n) is 5.07. The molecule has 0 atom stereocenters. The van der Waals surface area contributed by atoms with E-state index in [-0.39, 0.29) is 0 Å². The normalized spacial score (nSPS) is 10.4. The van der Waals surface area contributed by atoms with Crippen molar-refractivity contribution in [3.8, 4) is 0 Å². The monoisotopic (exact) mass is 278 g/mol. The smallest absolute Gasteiger partial charge is 0.211 e. The van der Waals surface area contributed by atoms with Crippen LogP contribution in [0.1, 0.15) is 25.0 Å². The maximum atomic E-state index is 10.7. The maximum absolute atomic E-state index is 10.7. The van der Waals surface area contributed by atoms with Crippen molar-refractivity contribution < 1.29 is 9.59 Å². The minimum absolute atomic E-state index is 0.315. The predicted octanol–water partition coefficient (Wildman–Crippen LogP) is 3.95. The van der Waals surface area contributed by atoms with Crippen LogP contribution in [-0.2, 0) is 15.0 Å². The Morgan fingerprint density at radius 1 is 0.857 bits per heavy atom. The van der Waals surface area contributed by atoms with Crippen molar-refractivity contribution >= 4 is 23.5 Å². The van der Waals surface area contributed by atoms with E-state index in [2.05, 4.69) is 9.98 Å². The van der Waals surface area contributed by atoms with Crippen LogP contribution in [-0.4, -0.2) is 12.2 Å². The van der Waals surface area contributed by atoms with Crippen molar-refractivity contribution in [2.24, 2.45) is 9.98 Å². The van der Waals surface area contributed by atoms with E-state index in [1.54, 1.807) is 12.1 Å². The van der Waals surface area contributed by atoms with Crippen LogP contribution in [0.3, 0.4) is 0 Å². The number of hydrogen-bond donors (Lipinski definition) is 0. The summed E-state index contributed by atoms with van der Waals surface area (Å²) in [5.74, 6) is 0. The summed E-state index contributed by atoms with van der Waals surface area (Å²) in [6.45, 7) is 4.05. The molecule has 0 unspecified atom stereocenters. The van der Waals surface area contributed by atoms with Gasteiger partial charge in [0.05, 0.1) is 0 Å². The number of aliphatic imine (C=N–C) groups is 2. The average Bonchev–Trinajstić information content (AvgIpc) is 2.50. The molecule has 0 spiro atoms. The van der Waals surface area contributed by atoms with E-state index in [0.717, 1.165) is 11.1 Å². The van der Waals surface area contributed by atoms with Crippen LogP contribution in [0.25, 0.3) is 0 Å². The molecule has 4 heteroatoms. The number of nitrogens with zero attached hydrogens (tertiary/aromatic N) is 2. The first-order valence-corrected chi connectivity index (χ1v) is 6.46. The van der Waals surface area contributed by atoms with Crippen molar-refractivity contribution in [2.45, 2.75) is 19.3 Å². The highest BCUT2D eigenvalue weighted by Gasteiger charge is 2.27. The molecule has 2 aromatic carbocycles. The molecule has 0 bridgehead atoms. The first-order chi connectivity index (χ1) is 10.1. The van der Waals surface area contributed by atoms with Crippen LogP contribution in [0, 0.1) is 0 Å². The van der Waals surface area contributed by atoms with Gasteiger partial charge in [-0.1, -0.05) is 56.3 Å². The van der Waals surface area contributed by atoms with Crippen molar-refractivity contribution in [2.75, 3.05) is 0 Å². The fraction of sp³-hybridized carbons (Fsp3) is 0.176. The zero-order valence-corrected chi connectivity index (χ0v) is 11.8. The number of rotatable bonds is 4. The lowest BCUT2D eigenvalue weighted by atomic mass is 9.77. The standard InChI is InChI=1S/C17H14N2O2/c1-17(2,13-7-4-3-5-8-13)14-9-6-10-15(18-11-20)16(14)19-12-21/h3-10H,1-2H3. The van der Waals surface area contributed by atoms with Gasteiger partial charge in [0.15, 0.2) is 0 Å². The Morgan fingerprint density at radius 3 is 2.14 bits per heavy atom.